The molecule has 0 heterocycles. The van der Waals surface area contributed by atoms with Crippen LogP contribution in [0.15, 0.2) is 23.1 Å². The van der Waals surface area contributed by atoms with Crippen molar-refractivity contribution in [3.63, 3.8) is 0 Å². The summed E-state index contributed by atoms with van der Waals surface area (Å²) in [5.74, 6) is -0.765. The van der Waals surface area contributed by atoms with Crippen molar-refractivity contribution in [2.24, 2.45) is 0 Å². The predicted molar refractivity (Wildman–Crippen MR) is 65.9 cm³/mol. The number of benzene rings is 1. The summed E-state index contributed by atoms with van der Waals surface area (Å²) in [6.07, 6.45) is -4.46. The van der Waals surface area contributed by atoms with E-state index in [0.29, 0.717) is 0 Å². The number of halogens is 4. The Bertz CT molecular complexity index is 572. The summed E-state index contributed by atoms with van der Waals surface area (Å²) in [7, 11) is -4.42. The molecule has 4 nitrogen and oxygen atoms in total. The van der Waals surface area contributed by atoms with Gasteiger partial charge in [-0.2, -0.15) is 17.5 Å². The molecule has 0 bridgehead atoms. The number of nitrogens with zero attached hydrogens (tertiary/aromatic N) is 1. The van der Waals surface area contributed by atoms with Crippen LogP contribution in [0.3, 0.4) is 0 Å². The minimum atomic E-state index is -4.67. The van der Waals surface area contributed by atoms with Crippen LogP contribution in [0.5, 0.6) is 0 Å². The summed E-state index contributed by atoms with van der Waals surface area (Å²) < 4.78 is 74.8. The Balaban J connectivity index is 3.22. The number of hydrogen-bond donors (Lipinski definition) is 1. The van der Waals surface area contributed by atoms with Crippen molar-refractivity contribution in [3.8, 4) is 0 Å². The average molecular weight is 314 g/mol. The zero-order valence-corrected chi connectivity index (χ0v) is 11.4. The van der Waals surface area contributed by atoms with Crippen molar-refractivity contribution in [2.45, 2.75) is 24.4 Å². The van der Waals surface area contributed by atoms with Gasteiger partial charge in [0.25, 0.3) is 0 Å². The van der Waals surface area contributed by atoms with E-state index in [4.69, 9.17) is 5.73 Å². The highest BCUT2D eigenvalue weighted by atomic mass is 32.2. The molecule has 0 fully saturated rings. The van der Waals surface area contributed by atoms with Gasteiger partial charge in [0.2, 0.25) is 10.0 Å². The lowest BCUT2D eigenvalue weighted by Crippen LogP contribution is -2.39. The fourth-order valence-electron chi connectivity index (χ4n) is 1.63. The summed E-state index contributed by atoms with van der Waals surface area (Å²) in [5, 5.41) is 0. The maximum atomic E-state index is 12.9. The molecule has 0 aliphatic rings. The van der Waals surface area contributed by atoms with Gasteiger partial charge in [-0.1, -0.05) is 6.92 Å². The molecule has 20 heavy (non-hydrogen) atoms. The molecule has 0 saturated carbocycles. The van der Waals surface area contributed by atoms with Gasteiger partial charge in [0.05, 0.1) is 5.69 Å². The molecule has 0 aliphatic carbocycles. The minimum absolute atomic E-state index is 0.205. The van der Waals surface area contributed by atoms with Gasteiger partial charge in [-0.25, -0.2) is 12.8 Å². The third-order valence-corrected chi connectivity index (χ3v) is 4.34. The van der Waals surface area contributed by atoms with Gasteiger partial charge >= 0.3 is 6.18 Å². The van der Waals surface area contributed by atoms with Crippen LogP contribution < -0.4 is 5.73 Å². The molecule has 0 saturated heterocycles. The molecule has 2 N–H and O–H groups in total. The largest absolute Gasteiger partial charge is 0.402 e. The molecule has 0 radical (unpaired) electrons. The number of alkyl halides is 3. The summed E-state index contributed by atoms with van der Waals surface area (Å²) in [6.45, 7) is -0.369. The third-order valence-electron chi connectivity index (χ3n) is 2.42. The molecule has 1 rings (SSSR count). The Labute approximate surface area is 114 Å². The van der Waals surface area contributed by atoms with E-state index in [2.05, 4.69) is 0 Å². The van der Waals surface area contributed by atoms with Gasteiger partial charge in [-0.05, 0) is 24.6 Å². The topological polar surface area (TPSA) is 63.4 Å². The first kappa shape index (κ1) is 16.7. The monoisotopic (exact) mass is 314 g/mol. The smallest absolute Gasteiger partial charge is 0.398 e. The fourth-order valence-corrected chi connectivity index (χ4v) is 3.24. The van der Waals surface area contributed by atoms with E-state index in [1.807, 2.05) is 0 Å². The fraction of sp³-hybridized carbons (Fsp3) is 0.455. The number of anilines is 1. The Morgan fingerprint density at radius 2 is 1.90 bits per heavy atom. The molecule has 0 atom stereocenters. The lowest BCUT2D eigenvalue weighted by molar-refractivity contribution is -0.136. The van der Waals surface area contributed by atoms with E-state index < -0.39 is 39.1 Å². The second kappa shape index (κ2) is 5.96. The maximum absolute atomic E-state index is 12.9. The molecule has 0 aromatic heterocycles. The minimum Gasteiger partial charge on any atom is -0.398 e. The molecule has 1 aromatic rings. The second-order valence-electron chi connectivity index (χ2n) is 4.14. The molecule has 0 aliphatic heterocycles. The van der Waals surface area contributed by atoms with Gasteiger partial charge in [0, 0.05) is 6.54 Å². The van der Waals surface area contributed by atoms with Gasteiger partial charge in [-0.15, -0.1) is 0 Å². The molecule has 0 unspecified atom stereocenters. The number of hydrogen-bond acceptors (Lipinski definition) is 3. The SMILES string of the molecule is CCCN(CC(F)(F)F)S(=O)(=O)c1ccc(F)cc1N. The van der Waals surface area contributed by atoms with E-state index in [9.17, 15) is 26.0 Å². The standard InChI is InChI=1S/C11H14F4N2O2S/c1-2-5-17(7-11(13,14)15)20(18,19)10-4-3-8(12)6-9(10)16/h3-4,6H,2,5,7,16H2,1H3. The van der Waals surface area contributed by atoms with Crippen molar-refractivity contribution in [1.82, 2.24) is 4.31 Å². The summed E-state index contributed by atoms with van der Waals surface area (Å²) >= 11 is 0. The highest BCUT2D eigenvalue weighted by molar-refractivity contribution is 7.89. The van der Waals surface area contributed by atoms with E-state index in [1.165, 1.54) is 0 Å². The van der Waals surface area contributed by atoms with E-state index in [0.717, 1.165) is 18.2 Å². The molecule has 9 heteroatoms. The van der Waals surface area contributed by atoms with Gasteiger partial charge < -0.3 is 5.73 Å². The zero-order valence-electron chi connectivity index (χ0n) is 10.6. The predicted octanol–water partition coefficient (Wildman–Crippen LogP) is 2.37. The normalized spacial score (nSPS) is 12.9. The van der Waals surface area contributed by atoms with Crippen molar-refractivity contribution >= 4 is 15.7 Å². The molecule has 114 valence electrons. The van der Waals surface area contributed by atoms with Crippen LogP contribution in [0.4, 0.5) is 23.2 Å². The Morgan fingerprint density at radius 3 is 2.35 bits per heavy atom. The molecular weight excluding hydrogens is 300 g/mol. The first-order valence-electron chi connectivity index (χ1n) is 5.70. The highest BCUT2D eigenvalue weighted by Gasteiger charge is 2.37. The van der Waals surface area contributed by atoms with E-state index >= 15 is 0 Å². The lowest BCUT2D eigenvalue weighted by atomic mass is 10.3. The first-order valence-corrected chi connectivity index (χ1v) is 7.14. The van der Waals surface area contributed by atoms with E-state index in [1.54, 1.807) is 6.92 Å². The number of nitrogen functional groups attached to an aromatic ring is 1. The van der Waals surface area contributed by atoms with Crippen LogP contribution in [0, 0.1) is 5.82 Å². The molecular formula is C11H14F4N2O2S. The van der Waals surface area contributed by atoms with Crippen LogP contribution in [0.1, 0.15) is 13.3 Å². The second-order valence-corrected chi connectivity index (χ2v) is 6.04. The number of sulfonamides is 1. The summed E-state index contributed by atoms with van der Waals surface area (Å²) in [4.78, 5) is -0.531. The van der Waals surface area contributed by atoms with Gasteiger partial charge in [0.15, 0.2) is 0 Å². The molecule has 1 aromatic carbocycles. The lowest BCUT2D eigenvalue weighted by Gasteiger charge is -2.23. The quantitative estimate of drug-likeness (QED) is 0.670. The summed E-state index contributed by atoms with van der Waals surface area (Å²) in [6, 6.07) is 2.45. The average Bonchev–Trinajstić information content (AvgIpc) is 2.26. The van der Waals surface area contributed by atoms with Gasteiger partial charge in [0.1, 0.15) is 17.3 Å². The Kier molecular flexibility index (Phi) is 4.98. The van der Waals surface area contributed by atoms with Crippen molar-refractivity contribution < 1.29 is 26.0 Å². The van der Waals surface area contributed by atoms with Crippen LogP contribution in [-0.2, 0) is 10.0 Å². The molecule has 0 spiro atoms. The summed E-state index contributed by atoms with van der Waals surface area (Å²) in [5.41, 5.74) is 4.96. The van der Waals surface area contributed by atoms with Crippen molar-refractivity contribution in [1.29, 1.82) is 0 Å². The third kappa shape index (κ3) is 4.07. The van der Waals surface area contributed by atoms with Gasteiger partial charge in [-0.3, -0.25) is 0 Å². The first-order chi connectivity index (χ1) is 9.08. The van der Waals surface area contributed by atoms with Crippen LogP contribution in [0.25, 0.3) is 0 Å². The number of nitrogens with two attached hydrogens (primary N) is 1. The van der Waals surface area contributed by atoms with Crippen LogP contribution in [0.2, 0.25) is 0 Å². The van der Waals surface area contributed by atoms with Crippen LogP contribution in [-0.4, -0.2) is 32.0 Å². The highest BCUT2D eigenvalue weighted by Crippen LogP contribution is 2.26. The van der Waals surface area contributed by atoms with Crippen LogP contribution >= 0.6 is 0 Å². The number of rotatable bonds is 5. The molecule has 0 amide bonds. The maximum Gasteiger partial charge on any atom is 0.402 e. The zero-order chi connectivity index (χ0) is 15.6. The Hall–Kier alpha value is -1.35. The van der Waals surface area contributed by atoms with Crippen molar-refractivity contribution in [2.75, 3.05) is 18.8 Å². The Morgan fingerprint density at radius 1 is 1.30 bits per heavy atom. The van der Waals surface area contributed by atoms with Crippen molar-refractivity contribution in [3.05, 3.63) is 24.0 Å². The van der Waals surface area contributed by atoms with E-state index in [-0.39, 0.29) is 17.3 Å².